The lowest BCUT2D eigenvalue weighted by atomic mass is 10.1. The summed E-state index contributed by atoms with van der Waals surface area (Å²) in [6.07, 6.45) is 0. The smallest absolute Gasteiger partial charge is 0.186 e. The lowest BCUT2D eigenvalue weighted by Gasteiger charge is -2.24. The van der Waals surface area contributed by atoms with E-state index < -0.39 is 5.60 Å². The van der Waals surface area contributed by atoms with E-state index in [1.165, 1.54) is 11.3 Å². The lowest BCUT2D eigenvalue weighted by Crippen LogP contribution is -2.38. The van der Waals surface area contributed by atoms with E-state index in [-0.39, 0.29) is 5.78 Å². The molecular formula is C11H17NO2S. The Hall–Kier alpha value is -0.710. The van der Waals surface area contributed by atoms with E-state index >= 15 is 0 Å². The summed E-state index contributed by atoms with van der Waals surface area (Å²) < 4.78 is 0. The SMILES string of the molecule is CN(CC(=O)c1cccs1)CC(C)(C)O. The molecule has 15 heavy (non-hydrogen) atoms. The van der Waals surface area contributed by atoms with Gasteiger partial charge in [0.25, 0.3) is 0 Å². The molecule has 0 radical (unpaired) electrons. The van der Waals surface area contributed by atoms with E-state index in [4.69, 9.17) is 0 Å². The maximum Gasteiger partial charge on any atom is 0.186 e. The van der Waals surface area contributed by atoms with E-state index in [2.05, 4.69) is 0 Å². The van der Waals surface area contributed by atoms with Gasteiger partial charge in [-0.05, 0) is 32.3 Å². The van der Waals surface area contributed by atoms with E-state index in [1.807, 2.05) is 29.5 Å². The lowest BCUT2D eigenvalue weighted by molar-refractivity contribution is 0.0440. The van der Waals surface area contributed by atoms with Crippen LogP contribution >= 0.6 is 11.3 Å². The molecule has 1 aromatic heterocycles. The van der Waals surface area contributed by atoms with Gasteiger partial charge in [-0.2, -0.15) is 0 Å². The molecule has 0 aromatic carbocycles. The van der Waals surface area contributed by atoms with E-state index in [0.29, 0.717) is 13.1 Å². The van der Waals surface area contributed by atoms with Crippen LogP contribution < -0.4 is 0 Å². The molecule has 4 heteroatoms. The predicted octanol–water partition coefficient (Wildman–Crippen LogP) is 1.63. The first-order chi connectivity index (χ1) is 6.88. The van der Waals surface area contributed by atoms with Gasteiger partial charge in [-0.25, -0.2) is 0 Å². The van der Waals surface area contributed by atoms with Crippen molar-refractivity contribution in [1.29, 1.82) is 0 Å². The number of carbonyl (C=O) groups excluding carboxylic acids is 1. The number of hydrogen-bond donors (Lipinski definition) is 1. The van der Waals surface area contributed by atoms with Crippen LogP contribution in [-0.4, -0.2) is 41.5 Å². The molecule has 1 rings (SSSR count). The van der Waals surface area contributed by atoms with Crippen molar-refractivity contribution < 1.29 is 9.90 Å². The van der Waals surface area contributed by atoms with Crippen LogP contribution in [-0.2, 0) is 0 Å². The first-order valence-corrected chi connectivity index (χ1v) is 5.74. The Morgan fingerprint density at radius 2 is 2.27 bits per heavy atom. The first kappa shape index (κ1) is 12.4. The zero-order valence-electron chi connectivity index (χ0n) is 9.36. The Kier molecular flexibility index (Phi) is 4.02. The van der Waals surface area contributed by atoms with Crippen LogP contribution in [0.25, 0.3) is 0 Å². The number of ketones is 1. The van der Waals surface area contributed by atoms with Crippen molar-refractivity contribution in [3.63, 3.8) is 0 Å². The van der Waals surface area contributed by atoms with Crippen LogP contribution in [0.4, 0.5) is 0 Å². The number of nitrogens with zero attached hydrogens (tertiary/aromatic N) is 1. The van der Waals surface area contributed by atoms with Gasteiger partial charge in [0, 0.05) is 6.54 Å². The van der Waals surface area contributed by atoms with Crippen molar-refractivity contribution in [3.05, 3.63) is 22.4 Å². The van der Waals surface area contributed by atoms with Crippen LogP contribution in [0.5, 0.6) is 0 Å². The van der Waals surface area contributed by atoms with Gasteiger partial charge in [-0.1, -0.05) is 6.07 Å². The van der Waals surface area contributed by atoms with E-state index in [9.17, 15) is 9.90 Å². The number of hydrogen-bond acceptors (Lipinski definition) is 4. The van der Waals surface area contributed by atoms with Gasteiger partial charge in [0.05, 0.1) is 17.0 Å². The molecular weight excluding hydrogens is 210 g/mol. The molecule has 0 spiro atoms. The molecule has 1 aromatic rings. The standard InChI is InChI=1S/C11H17NO2S/c1-11(2,14)8-12(3)7-9(13)10-5-4-6-15-10/h4-6,14H,7-8H2,1-3H3. The molecule has 0 atom stereocenters. The molecule has 0 aliphatic heterocycles. The highest BCUT2D eigenvalue weighted by molar-refractivity contribution is 7.12. The Balaban J connectivity index is 2.45. The quantitative estimate of drug-likeness (QED) is 0.777. The average Bonchev–Trinajstić information content (AvgIpc) is 2.50. The molecule has 0 fully saturated rings. The second-order valence-corrected chi connectivity index (χ2v) is 5.33. The van der Waals surface area contributed by atoms with Crippen molar-refractivity contribution in [2.24, 2.45) is 0 Å². The second kappa shape index (κ2) is 4.88. The summed E-state index contributed by atoms with van der Waals surface area (Å²) in [5.41, 5.74) is -0.759. The molecule has 0 bridgehead atoms. The third-order valence-electron chi connectivity index (χ3n) is 1.87. The largest absolute Gasteiger partial charge is 0.389 e. The zero-order valence-corrected chi connectivity index (χ0v) is 10.2. The Bertz CT molecular complexity index is 314. The average molecular weight is 227 g/mol. The minimum absolute atomic E-state index is 0.108. The number of rotatable bonds is 5. The summed E-state index contributed by atoms with van der Waals surface area (Å²) in [6.45, 7) is 4.31. The van der Waals surface area contributed by atoms with Crippen LogP contribution in [0.15, 0.2) is 17.5 Å². The maximum atomic E-state index is 11.7. The number of aliphatic hydroxyl groups is 1. The van der Waals surface area contributed by atoms with Crippen LogP contribution in [0.3, 0.4) is 0 Å². The molecule has 0 aliphatic rings. The summed E-state index contributed by atoms with van der Waals surface area (Å²) in [5, 5.41) is 11.5. The highest BCUT2D eigenvalue weighted by Crippen LogP contribution is 2.10. The van der Waals surface area contributed by atoms with Crippen molar-refractivity contribution in [2.75, 3.05) is 20.1 Å². The molecule has 1 heterocycles. The fourth-order valence-electron chi connectivity index (χ4n) is 1.48. The number of likely N-dealkylation sites (N-methyl/N-ethyl adjacent to an activating group) is 1. The second-order valence-electron chi connectivity index (χ2n) is 4.39. The fourth-order valence-corrected chi connectivity index (χ4v) is 2.13. The molecule has 0 aliphatic carbocycles. The topological polar surface area (TPSA) is 40.5 Å². The Morgan fingerprint density at radius 3 is 2.73 bits per heavy atom. The molecule has 0 saturated heterocycles. The molecule has 3 nitrogen and oxygen atoms in total. The van der Waals surface area contributed by atoms with Crippen molar-refractivity contribution >= 4 is 17.1 Å². The third-order valence-corrected chi connectivity index (χ3v) is 2.78. The van der Waals surface area contributed by atoms with Gasteiger partial charge < -0.3 is 5.11 Å². The van der Waals surface area contributed by atoms with Crippen molar-refractivity contribution in [1.82, 2.24) is 4.90 Å². The summed E-state index contributed by atoms with van der Waals surface area (Å²) in [5.74, 6) is 0.108. The van der Waals surface area contributed by atoms with Gasteiger partial charge in [0.15, 0.2) is 5.78 Å². The van der Waals surface area contributed by atoms with Gasteiger partial charge in [-0.3, -0.25) is 9.69 Å². The highest BCUT2D eigenvalue weighted by Gasteiger charge is 2.18. The van der Waals surface area contributed by atoms with Gasteiger partial charge in [-0.15, -0.1) is 11.3 Å². The fraction of sp³-hybridized carbons (Fsp3) is 0.545. The summed E-state index contributed by atoms with van der Waals surface area (Å²) in [4.78, 5) is 14.3. The molecule has 0 amide bonds. The van der Waals surface area contributed by atoms with E-state index in [0.717, 1.165) is 4.88 Å². The van der Waals surface area contributed by atoms with Gasteiger partial charge in [0.1, 0.15) is 0 Å². The van der Waals surface area contributed by atoms with Gasteiger partial charge in [0.2, 0.25) is 0 Å². The van der Waals surface area contributed by atoms with Crippen LogP contribution in [0.1, 0.15) is 23.5 Å². The van der Waals surface area contributed by atoms with Crippen LogP contribution in [0, 0.1) is 0 Å². The Morgan fingerprint density at radius 1 is 1.60 bits per heavy atom. The van der Waals surface area contributed by atoms with Crippen molar-refractivity contribution in [3.8, 4) is 0 Å². The molecule has 0 unspecified atom stereocenters. The molecule has 0 saturated carbocycles. The normalized spacial score (nSPS) is 12.1. The van der Waals surface area contributed by atoms with Gasteiger partial charge >= 0.3 is 0 Å². The zero-order chi connectivity index (χ0) is 11.5. The minimum atomic E-state index is -0.759. The predicted molar refractivity (Wildman–Crippen MR) is 62.4 cm³/mol. The number of carbonyl (C=O) groups is 1. The van der Waals surface area contributed by atoms with E-state index in [1.54, 1.807) is 13.8 Å². The summed E-state index contributed by atoms with van der Waals surface area (Å²) >= 11 is 1.45. The Labute approximate surface area is 94.3 Å². The number of Topliss-reactive ketones (excluding diaryl/α,β-unsaturated/α-hetero) is 1. The maximum absolute atomic E-state index is 11.7. The third kappa shape index (κ3) is 4.55. The molecule has 84 valence electrons. The monoisotopic (exact) mass is 227 g/mol. The summed E-state index contributed by atoms with van der Waals surface area (Å²) in [7, 11) is 1.84. The highest BCUT2D eigenvalue weighted by atomic mass is 32.1. The number of thiophene rings is 1. The summed E-state index contributed by atoms with van der Waals surface area (Å²) in [6, 6.07) is 3.69. The van der Waals surface area contributed by atoms with Crippen molar-refractivity contribution in [2.45, 2.75) is 19.4 Å². The first-order valence-electron chi connectivity index (χ1n) is 4.86. The minimum Gasteiger partial charge on any atom is -0.389 e. The molecule has 1 N–H and O–H groups in total. The van der Waals surface area contributed by atoms with Crippen LogP contribution in [0.2, 0.25) is 0 Å².